The van der Waals surface area contributed by atoms with Crippen molar-refractivity contribution in [3.63, 3.8) is 0 Å². The van der Waals surface area contributed by atoms with Crippen LogP contribution in [0.1, 0.15) is 29.9 Å². The number of nitro groups is 1. The lowest BCUT2D eigenvalue weighted by Gasteiger charge is -2.26. The molecule has 0 saturated carbocycles. The van der Waals surface area contributed by atoms with Crippen LogP contribution in [-0.4, -0.2) is 41.7 Å². The van der Waals surface area contributed by atoms with Gasteiger partial charge in [0.15, 0.2) is 0 Å². The van der Waals surface area contributed by atoms with Crippen LogP contribution in [0.5, 0.6) is 11.6 Å². The van der Waals surface area contributed by atoms with Crippen LogP contribution in [-0.2, 0) is 0 Å². The quantitative estimate of drug-likeness (QED) is 0.343. The lowest BCUT2D eigenvalue weighted by atomic mass is 10.1. The number of pyridine rings is 1. The van der Waals surface area contributed by atoms with Crippen molar-refractivity contribution < 1.29 is 19.6 Å². The van der Waals surface area contributed by atoms with Gasteiger partial charge in [0.05, 0.1) is 28.9 Å². The van der Waals surface area contributed by atoms with Gasteiger partial charge in [-0.25, -0.2) is 19.1 Å². The van der Waals surface area contributed by atoms with Crippen molar-refractivity contribution in [1.82, 2.24) is 19.0 Å². The van der Waals surface area contributed by atoms with Gasteiger partial charge in [-0.05, 0) is 18.6 Å². The van der Waals surface area contributed by atoms with Crippen molar-refractivity contribution in [2.45, 2.75) is 18.5 Å². The first-order valence-corrected chi connectivity index (χ1v) is 11.0. The van der Waals surface area contributed by atoms with Gasteiger partial charge in [-0.15, -0.1) is 0 Å². The maximum atomic E-state index is 13.4. The molecule has 2 aromatic heterocycles. The molecule has 1 fully saturated rings. The molecule has 1 N–H and O–H groups in total. The summed E-state index contributed by atoms with van der Waals surface area (Å²) in [6.45, 7) is 0.208. The third-order valence-electron chi connectivity index (χ3n) is 6.67. The normalized spacial score (nSPS) is 17.7. The van der Waals surface area contributed by atoms with Gasteiger partial charge in [-0.3, -0.25) is 19.6 Å². The van der Waals surface area contributed by atoms with E-state index < -0.39 is 22.7 Å². The number of rotatable bonds is 3. The van der Waals surface area contributed by atoms with E-state index in [9.17, 15) is 30.1 Å². The van der Waals surface area contributed by atoms with Crippen molar-refractivity contribution in [2.75, 3.05) is 6.54 Å². The number of aromatic nitrogens is 3. The molecular formula is C24H16N6O6. The van der Waals surface area contributed by atoms with Crippen LogP contribution in [0.25, 0.3) is 16.5 Å². The molecule has 36 heavy (non-hydrogen) atoms. The minimum atomic E-state index is -0.687. The summed E-state index contributed by atoms with van der Waals surface area (Å²) in [5.41, 5.74) is 0.234. The average Bonchev–Trinajstić information content (AvgIpc) is 3.55. The highest BCUT2D eigenvalue weighted by molar-refractivity contribution is 5.93. The molecule has 2 bridgehead atoms. The summed E-state index contributed by atoms with van der Waals surface area (Å²) < 4.78 is 8.03. The fourth-order valence-corrected chi connectivity index (χ4v) is 5.11. The largest absolute Gasteiger partial charge is 0.493 e. The van der Waals surface area contributed by atoms with Crippen LogP contribution in [0.4, 0.5) is 10.5 Å². The van der Waals surface area contributed by atoms with E-state index in [1.807, 2.05) is 6.07 Å². The first-order valence-electron chi connectivity index (χ1n) is 11.0. The second-order valence-corrected chi connectivity index (χ2v) is 8.52. The zero-order chi connectivity index (χ0) is 25.1. The van der Waals surface area contributed by atoms with E-state index in [-0.39, 0.29) is 35.6 Å². The Morgan fingerprint density at radius 1 is 1.19 bits per heavy atom. The number of amides is 1. The van der Waals surface area contributed by atoms with Crippen LogP contribution in [0.3, 0.4) is 0 Å². The number of carbonyl (C=O) groups is 1. The molecule has 2 aliphatic heterocycles. The Hall–Kier alpha value is -5.18. The van der Waals surface area contributed by atoms with E-state index in [4.69, 9.17) is 4.74 Å². The summed E-state index contributed by atoms with van der Waals surface area (Å²) in [6, 6.07) is 13.2. The predicted octanol–water partition coefficient (Wildman–Crippen LogP) is 3.17. The highest BCUT2D eigenvalue weighted by Crippen LogP contribution is 2.49. The third-order valence-corrected chi connectivity index (χ3v) is 6.67. The Morgan fingerprint density at radius 2 is 1.92 bits per heavy atom. The molecule has 2 aliphatic rings. The maximum absolute atomic E-state index is 13.4. The smallest absolute Gasteiger partial charge is 0.415 e. The zero-order valence-corrected chi connectivity index (χ0v) is 18.4. The Bertz CT molecular complexity index is 1680. The van der Waals surface area contributed by atoms with Gasteiger partial charge in [-0.2, -0.15) is 5.26 Å². The molecule has 2 aromatic carbocycles. The number of non-ortho nitro benzene ring substituents is 1. The van der Waals surface area contributed by atoms with Gasteiger partial charge in [-0.1, -0.05) is 24.3 Å². The third kappa shape index (κ3) is 2.96. The number of carbonyl (C=O) groups excluding carboxylic acids is 1. The summed E-state index contributed by atoms with van der Waals surface area (Å²) in [5.74, 6) is -0.167. The SMILES string of the molecule is N#Cc1ncc(-n2c(O)c3n(c2=O)[C@H]2C[C@@H]3N(C(=O)Oc3ccc([N+](=O)[O-])cc3)C2)c2ccccc12. The summed E-state index contributed by atoms with van der Waals surface area (Å²) in [5, 5.41) is 32.5. The van der Waals surface area contributed by atoms with Crippen molar-refractivity contribution >= 4 is 22.6 Å². The molecule has 4 heterocycles. The number of hydrogen-bond donors (Lipinski definition) is 1. The van der Waals surface area contributed by atoms with Crippen molar-refractivity contribution in [3.05, 3.63) is 86.7 Å². The van der Waals surface area contributed by atoms with Crippen LogP contribution in [0.15, 0.2) is 59.5 Å². The number of fused-ring (bicyclic) bond motifs is 6. The van der Waals surface area contributed by atoms with Crippen molar-refractivity contribution in [2.24, 2.45) is 0 Å². The van der Waals surface area contributed by atoms with Gasteiger partial charge in [0.25, 0.3) is 5.69 Å². The van der Waals surface area contributed by atoms with Gasteiger partial charge >= 0.3 is 11.8 Å². The molecule has 12 nitrogen and oxygen atoms in total. The number of ether oxygens (including phenoxy) is 1. The van der Waals surface area contributed by atoms with E-state index in [1.165, 1.54) is 39.9 Å². The summed E-state index contributed by atoms with van der Waals surface area (Å²) in [4.78, 5) is 42.2. The van der Waals surface area contributed by atoms with Crippen LogP contribution < -0.4 is 10.4 Å². The summed E-state index contributed by atoms with van der Waals surface area (Å²) in [6.07, 6.45) is 1.13. The van der Waals surface area contributed by atoms with E-state index >= 15 is 0 Å². The monoisotopic (exact) mass is 484 g/mol. The zero-order valence-electron chi connectivity index (χ0n) is 18.4. The number of nitrogens with zero attached hydrogens (tertiary/aromatic N) is 6. The molecule has 1 saturated heterocycles. The second kappa shape index (κ2) is 7.67. The lowest BCUT2D eigenvalue weighted by molar-refractivity contribution is -0.384. The van der Waals surface area contributed by atoms with Crippen molar-refractivity contribution in [3.8, 4) is 23.4 Å². The van der Waals surface area contributed by atoms with E-state index in [1.54, 1.807) is 24.3 Å². The van der Waals surface area contributed by atoms with E-state index in [2.05, 4.69) is 4.98 Å². The van der Waals surface area contributed by atoms with Crippen molar-refractivity contribution in [1.29, 1.82) is 5.26 Å². The van der Waals surface area contributed by atoms with Gasteiger partial charge in [0.2, 0.25) is 5.88 Å². The van der Waals surface area contributed by atoms with Gasteiger partial charge in [0.1, 0.15) is 23.2 Å². The molecule has 1 amide bonds. The molecule has 4 aromatic rings. The Labute approximate surface area is 202 Å². The Kier molecular flexibility index (Phi) is 4.55. The summed E-state index contributed by atoms with van der Waals surface area (Å²) >= 11 is 0. The van der Waals surface area contributed by atoms with Crippen LogP contribution >= 0.6 is 0 Å². The Balaban J connectivity index is 1.36. The minimum absolute atomic E-state index is 0.130. The van der Waals surface area contributed by atoms with Gasteiger partial charge in [0, 0.05) is 29.4 Å². The highest BCUT2D eigenvalue weighted by atomic mass is 16.6. The fraction of sp³-hybridized carbons (Fsp3) is 0.167. The molecule has 2 atom stereocenters. The number of nitriles is 1. The molecule has 0 aliphatic carbocycles. The molecule has 0 unspecified atom stereocenters. The molecule has 178 valence electrons. The minimum Gasteiger partial charge on any atom is -0.493 e. The number of aromatic hydroxyl groups is 1. The standard InChI is InChI=1S/C24H16N6O6/c25-10-18-16-3-1-2-4-17(16)20(11-26-18)29-22(31)21-19-9-14(28(21)23(29)32)12-27(19)24(33)36-15-7-5-13(6-8-15)30(34)35/h1-8,11,14,19,31H,9,12H2/t14-,19-/m0/s1. The number of hydrogen-bond acceptors (Lipinski definition) is 8. The fourth-order valence-electron chi connectivity index (χ4n) is 5.11. The summed E-state index contributed by atoms with van der Waals surface area (Å²) in [7, 11) is 0. The second-order valence-electron chi connectivity index (χ2n) is 8.52. The van der Waals surface area contributed by atoms with Gasteiger partial charge < -0.3 is 9.84 Å². The molecule has 0 radical (unpaired) electrons. The number of nitro benzene ring substituents is 1. The topological polar surface area (TPSA) is 157 Å². The molecular weight excluding hydrogens is 468 g/mol. The molecule has 6 rings (SSSR count). The highest BCUT2D eigenvalue weighted by Gasteiger charge is 2.50. The van der Waals surface area contributed by atoms with E-state index in [0.717, 1.165) is 4.57 Å². The average molecular weight is 484 g/mol. The number of benzene rings is 2. The lowest BCUT2D eigenvalue weighted by Crippen LogP contribution is -2.39. The van der Waals surface area contributed by atoms with E-state index in [0.29, 0.717) is 28.6 Å². The first-order chi connectivity index (χ1) is 17.4. The van der Waals surface area contributed by atoms with Crippen LogP contribution in [0, 0.1) is 21.4 Å². The molecule has 12 heteroatoms. The first kappa shape index (κ1) is 21.4. The Morgan fingerprint density at radius 3 is 2.61 bits per heavy atom. The molecule has 0 spiro atoms. The predicted molar refractivity (Wildman–Crippen MR) is 124 cm³/mol. The maximum Gasteiger partial charge on any atom is 0.415 e. The van der Waals surface area contributed by atoms with Crippen LogP contribution in [0.2, 0.25) is 0 Å². The number of imidazole rings is 1. The number of likely N-dealkylation sites (tertiary alicyclic amines) is 1.